The predicted molar refractivity (Wildman–Crippen MR) is 129 cm³/mol. The van der Waals surface area contributed by atoms with Crippen LogP contribution < -0.4 is 22.3 Å². The fourth-order valence-electron chi connectivity index (χ4n) is 3.12. The number of hydrogen-bond donors (Lipinski definition) is 4. The molecule has 10 nitrogen and oxygen atoms in total. The van der Waals surface area contributed by atoms with Crippen LogP contribution in [0, 0.1) is 10.7 Å². The average Bonchev–Trinajstić information content (AvgIpc) is 2.68. The van der Waals surface area contributed by atoms with Gasteiger partial charge in [-0.15, -0.1) is 0 Å². The van der Waals surface area contributed by atoms with Gasteiger partial charge >= 0.3 is 0 Å². The van der Waals surface area contributed by atoms with Crippen molar-refractivity contribution >= 4 is 29.9 Å². The van der Waals surface area contributed by atoms with Gasteiger partial charge in [0.2, 0.25) is 5.91 Å². The Hall–Kier alpha value is -2.53. The fraction of sp³-hybridized carbons (Fsp3) is 0.667. The number of hydrogen-bond acceptors (Lipinski definition) is 6. The molecular weight excluding hydrogens is 430 g/mol. The number of nitrogens with zero attached hydrogens (tertiary/aromatic N) is 3. The van der Waals surface area contributed by atoms with E-state index in [1.54, 1.807) is 4.90 Å². The highest BCUT2D eigenvalue weighted by Gasteiger charge is 2.23. The third kappa shape index (κ3) is 10.7. The molecule has 0 aliphatic rings. The van der Waals surface area contributed by atoms with Crippen LogP contribution in [0.3, 0.4) is 0 Å². The maximum atomic E-state index is 13.1. The summed E-state index contributed by atoms with van der Waals surface area (Å²) >= 11 is 5.15. The molecule has 0 aliphatic heterocycles. The van der Waals surface area contributed by atoms with Gasteiger partial charge in [0.1, 0.15) is 6.54 Å². The third-order valence-electron chi connectivity index (χ3n) is 4.81. The minimum Gasteiger partial charge on any atom is -0.370 e. The lowest BCUT2D eigenvalue weighted by molar-refractivity contribution is -0.137. The van der Waals surface area contributed by atoms with Gasteiger partial charge in [-0.25, -0.2) is 0 Å². The number of carbonyl (C=O) groups excluding carboxylic acids is 2. The number of nitrogens with two attached hydrogens (primary N) is 2. The average molecular weight is 468 g/mol. The molecule has 0 saturated heterocycles. The standard InChI is InChI=1S/C21H37N7O3S/c1-14(2)17(29)12-28(19(31)13-27-10-8-18(30)26-21(27)32)11-16(25-15(3)4)7-5-6-9-24-20(22)23/h8,10,14-16,25H,5-7,9,11-13H2,1-4H3,(H4,22,23,24)(H,26,30,32)/t16-/m0/s1. The number of aromatic nitrogens is 2. The van der Waals surface area contributed by atoms with Crippen molar-refractivity contribution in [3.05, 3.63) is 27.4 Å². The first kappa shape index (κ1) is 27.5. The van der Waals surface area contributed by atoms with Gasteiger partial charge in [0, 0.05) is 43.4 Å². The number of rotatable bonds is 14. The smallest absolute Gasteiger partial charge is 0.251 e. The van der Waals surface area contributed by atoms with Crippen LogP contribution >= 0.6 is 12.2 Å². The van der Waals surface area contributed by atoms with Crippen LogP contribution in [0.4, 0.5) is 0 Å². The van der Waals surface area contributed by atoms with E-state index in [2.05, 4.69) is 15.3 Å². The number of carbonyl (C=O) groups is 2. The second-order valence-corrected chi connectivity index (χ2v) is 8.84. The van der Waals surface area contributed by atoms with Gasteiger partial charge in [-0.2, -0.15) is 0 Å². The monoisotopic (exact) mass is 467 g/mol. The van der Waals surface area contributed by atoms with Crippen molar-refractivity contribution in [2.45, 2.75) is 65.6 Å². The molecule has 0 aromatic carbocycles. The Labute approximate surface area is 194 Å². The number of aliphatic imine (C=N–C) groups is 1. The molecule has 0 unspecified atom stereocenters. The maximum Gasteiger partial charge on any atom is 0.251 e. The number of amides is 1. The summed E-state index contributed by atoms with van der Waals surface area (Å²) in [6.45, 7) is 8.61. The minimum atomic E-state index is -0.326. The Morgan fingerprint density at radius 1 is 1.25 bits per heavy atom. The normalized spacial score (nSPS) is 12.1. The Balaban J connectivity index is 2.95. The number of aromatic amines is 1. The molecule has 1 rings (SSSR count). The van der Waals surface area contributed by atoms with E-state index in [0.717, 1.165) is 19.3 Å². The van der Waals surface area contributed by atoms with Crippen LogP contribution in [-0.4, -0.2) is 63.8 Å². The molecule has 0 radical (unpaired) electrons. The maximum absolute atomic E-state index is 13.1. The molecular formula is C21H37N7O3S. The molecule has 32 heavy (non-hydrogen) atoms. The molecule has 0 fully saturated rings. The lowest BCUT2D eigenvalue weighted by atomic mass is 10.1. The molecule has 1 amide bonds. The lowest BCUT2D eigenvalue weighted by Crippen LogP contribution is -2.48. The van der Waals surface area contributed by atoms with Gasteiger partial charge < -0.3 is 26.3 Å². The van der Waals surface area contributed by atoms with Crippen LogP contribution in [-0.2, 0) is 16.1 Å². The number of unbranched alkanes of at least 4 members (excludes halogenated alkanes) is 1. The zero-order valence-corrected chi connectivity index (χ0v) is 20.3. The molecule has 6 N–H and O–H groups in total. The van der Waals surface area contributed by atoms with E-state index in [9.17, 15) is 14.4 Å². The van der Waals surface area contributed by atoms with E-state index in [4.69, 9.17) is 23.7 Å². The van der Waals surface area contributed by atoms with Crippen molar-refractivity contribution in [1.29, 1.82) is 0 Å². The van der Waals surface area contributed by atoms with E-state index in [-0.39, 0.29) is 59.1 Å². The van der Waals surface area contributed by atoms with Gasteiger partial charge in [0.15, 0.2) is 16.5 Å². The summed E-state index contributed by atoms with van der Waals surface area (Å²) in [5.74, 6) is -0.360. The Morgan fingerprint density at radius 2 is 1.94 bits per heavy atom. The molecule has 11 heteroatoms. The molecule has 180 valence electrons. The number of Topliss-reactive ketones (excluding diaryl/α,β-unsaturated/α-hetero) is 1. The van der Waals surface area contributed by atoms with E-state index >= 15 is 0 Å². The quantitative estimate of drug-likeness (QED) is 0.136. The van der Waals surface area contributed by atoms with Crippen molar-refractivity contribution in [3.63, 3.8) is 0 Å². The van der Waals surface area contributed by atoms with Crippen LogP contribution in [0.1, 0.15) is 47.0 Å². The summed E-state index contributed by atoms with van der Waals surface area (Å²) in [6.07, 6.45) is 3.97. The van der Waals surface area contributed by atoms with Gasteiger partial charge in [-0.05, 0) is 31.5 Å². The number of nitrogens with one attached hydrogen (secondary N) is 2. The van der Waals surface area contributed by atoms with E-state index in [1.165, 1.54) is 16.8 Å². The minimum absolute atomic E-state index is 0.00154. The SMILES string of the molecule is CC(C)N[C@@H](CCCCN=C(N)N)CN(CC(=O)C(C)C)C(=O)Cn1ccc(=O)[nH]c1=S. The fourth-order valence-corrected chi connectivity index (χ4v) is 3.34. The van der Waals surface area contributed by atoms with Gasteiger partial charge in [0.05, 0.1) is 6.54 Å². The zero-order chi connectivity index (χ0) is 24.3. The third-order valence-corrected chi connectivity index (χ3v) is 5.15. The first-order chi connectivity index (χ1) is 15.0. The number of ketones is 1. The summed E-state index contributed by atoms with van der Waals surface area (Å²) in [5, 5.41) is 3.48. The summed E-state index contributed by atoms with van der Waals surface area (Å²) in [6, 6.07) is 1.52. The van der Waals surface area contributed by atoms with E-state index in [0.29, 0.717) is 13.1 Å². The highest BCUT2D eigenvalue weighted by molar-refractivity contribution is 7.71. The summed E-state index contributed by atoms with van der Waals surface area (Å²) in [7, 11) is 0. The number of H-pyrrole nitrogens is 1. The van der Waals surface area contributed by atoms with Crippen LogP contribution in [0.25, 0.3) is 0 Å². The Morgan fingerprint density at radius 3 is 2.50 bits per heavy atom. The van der Waals surface area contributed by atoms with Crippen molar-refractivity contribution in [2.24, 2.45) is 22.4 Å². The van der Waals surface area contributed by atoms with Crippen molar-refractivity contribution < 1.29 is 9.59 Å². The molecule has 1 aromatic heterocycles. The molecule has 0 aliphatic carbocycles. The molecule has 0 saturated carbocycles. The molecule has 0 bridgehead atoms. The number of guanidine groups is 1. The van der Waals surface area contributed by atoms with Crippen LogP contribution in [0.5, 0.6) is 0 Å². The Kier molecular flexibility index (Phi) is 11.9. The highest BCUT2D eigenvalue weighted by atomic mass is 32.1. The van der Waals surface area contributed by atoms with Crippen molar-refractivity contribution in [1.82, 2.24) is 19.8 Å². The topological polar surface area (TPSA) is 152 Å². The summed E-state index contributed by atoms with van der Waals surface area (Å²) in [4.78, 5) is 45.1. The molecule has 1 atom stereocenters. The van der Waals surface area contributed by atoms with E-state index in [1.807, 2.05) is 27.7 Å². The first-order valence-electron chi connectivity index (χ1n) is 10.9. The van der Waals surface area contributed by atoms with Gasteiger partial charge in [-0.3, -0.25) is 24.4 Å². The zero-order valence-electron chi connectivity index (χ0n) is 19.5. The van der Waals surface area contributed by atoms with Crippen molar-refractivity contribution in [2.75, 3.05) is 19.6 Å². The molecule has 0 spiro atoms. The largest absolute Gasteiger partial charge is 0.370 e. The lowest BCUT2D eigenvalue weighted by Gasteiger charge is -2.30. The van der Waals surface area contributed by atoms with Crippen LogP contribution in [0.2, 0.25) is 0 Å². The van der Waals surface area contributed by atoms with Crippen LogP contribution in [0.15, 0.2) is 22.1 Å². The Bertz CT molecular complexity index is 888. The van der Waals surface area contributed by atoms with Gasteiger partial charge in [-0.1, -0.05) is 27.7 Å². The second-order valence-electron chi connectivity index (χ2n) is 8.45. The van der Waals surface area contributed by atoms with E-state index < -0.39 is 0 Å². The summed E-state index contributed by atoms with van der Waals surface area (Å²) < 4.78 is 1.66. The molecule has 1 heterocycles. The second kappa shape index (κ2) is 13.8. The molecule has 1 aromatic rings. The summed E-state index contributed by atoms with van der Waals surface area (Å²) in [5.41, 5.74) is 10.4. The van der Waals surface area contributed by atoms with Gasteiger partial charge in [0.25, 0.3) is 5.56 Å². The predicted octanol–water partition coefficient (Wildman–Crippen LogP) is 0.770. The highest BCUT2D eigenvalue weighted by Crippen LogP contribution is 2.08. The van der Waals surface area contributed by atoms with Crippen molar-refractivity contribution in [3.8, 4) is 0 Å². The first-order valence-corrected chi connectivity index (χ1v) is 11.3.